The zero-order chi connectivity index (χ0) is 14.7. The number of carboxylic acids is 1. The molecule has 20 heavy (non-hydrogen) atoms. The first-order valence-corrected chi connectivity index (χ1v) is 6.06. The van der Waals surface area contributed by atoms with Crippen LogP contribution in [0.5, 0.6) is 0 Å². The van der Waals surface area contributed by atoms with E-state index < -0.39 is 10.9 Å². The Hall–Kier alpha value is -2.64. The van der Waals surface area contributed by atoms with Crippen LogP contribution in [0.25, 0.3) is 0 Å². The van der Waals surface area contributed by atoms with Gasteiger partial charge in [-0.25, -0.2) is 9.59 Å². The zero-order valence-electron chi connectivity index (χ0n) is 10.5. The molecule has 0 aromatic heterocycles. The van der Waals surface area contributed by atoms with Crippen molar-refractivity contribution < 1.29 is 19.6 Å². The minimum absolute atomic E-state index is 0.0556. The smallest absolute Gasteiger partial charge is 0.338 e. The second kappa shape index (κ2) is 5.55. The Bertz CT molecular complexity index is 566. The number of nitro benzene ring substituents is 1. The van der Waals surface area contributed by atoms with E-state index in [9.17, 15) is 19.7 Å². The molecule has 0 unspecified atom stereocenters. The van der Waals surface area contributed by atoms with E-state index in [1.54, 1.807) is 4.90 Å². The summed E-state index contributed by atoms with van der Waals surface area (Å²) in [5.74, 6) is -1.33. The lowest BCUT2D eigenvalue weighted by Gasteiger charge is -2.17. The quantitative estimate of drug-likeness (QED) is 0.648. The van der Waals surface area contributed by atoms with Gasteiger partial charge in [0.25, 0.3) is 5.69 Å². The number of hydrogen-bond acceptors (Lipinski definition) is 4. The Morgan fingerprint density at radius 1 is 1.30 bits per heavy atom. The van der Waals surface area contributed by atoms with E-state index in [-0.39, 0.29) is 23.0 Å². The van der Waals surface area contributed by atoms with Gasteiger partial charge in [-0.3, -0.25) is 10.1 Å². The van der Waals surface area contributed by atoms with Crippen molar-refractivity contribution >= 4 is 23.4 Å². The van der Waals surface area contributed by atoms with Gasteiger partial charge in [0.05, 0.1) is 16.2 Å². The molecular formula is C12H13N3O5. The van der Waals surface area contributed by atoms with E-state index in [0.29, 0.717) is 13.1 Å². The number of benzene rings is 1. The van der Waals surface area contributed by atoms with Crippen LogP contribution in [-0.2, 0) is 0 Å². The van der Waals surface area contributed by atoms with Crippen molar-refractivity contribution in [2.45, 2.75) is 12.8 Å². The van der Waals surface area contributed by atoms with E-state index in [0.717, 1.165) is 25.0 Å². The molecule has 8 heteroatoms. The minimum atomic E-state index is -1.33. The van der Waals surface area contributed by atoms with E-state index >= 15 is 0 Å². The topological polar surface area (TPSA) is 113 Å². The fraction of sp³-hybridized carbons (Fsp3) is 0.333. The summed E-state index contributed by atoms with van der Waals surface area (Å²) in [5.41, 5.74) is -0.576. The van der Waals surface area contributed by atoms with Gasteiger partial charge in [-0.15, -0.1) is 0 Å². The van der Waals surface area contributed by atoms with Crippen LogP contribution in [0.3, 0.4) is 0 Å². The van der Waals surface area contributed by atoms with Crippen LogP contribution >= 0.6 is 0 Å². The molecule has 1 saturated heterocycles. The highest BCUT2D eigenvalue weighted by Gasteiger charge is 2.21. The summed E-state index contributed by atoms with van der Waals surface area (Å²) in [4.78, 5) is 34.5. The Kier molecular flexibility index (Phi) is 3.83. The highest BCUT2D eigenvalue weighted by atomic mass is 16.6. The number of rotatable bonds is 3. The number of anilines is 1. The molecule has 0 atom stereocenters. The average molecular weight is 279 g/mol. The summed E-state index contributed by atoms with van der Waals surface area (Å²) < 4.78 is 0. The largest absolute Gasteiger partial charge is 0.478 e. The van der Waals surface area contributed by atoms with Crippen LogP contribution in [0.1, 0.15) is 23.2 Å². The van der Waals surface area contributed by atoms with Gasteiger partial charge in [0, 0.05) is 25.2 Å². The fourth-order valence-corrected chi connectivity index (χ4v) is 2.05. The SMILES string of the molecule is O=C(O)c1cc([N+](=O)[O-])ccc1NC(=O)N1CCCC1. The highest BCUT2D eigenvalue weighted by Crippen LogP contribution is 2.23. The summed E-state index contributed by atoms with van der Waals surface area (Å²) in [6.45, 7) is 1.25. The van der Waals surface area contributed by atoms with Gasteiger partial charge in [-0.1, -0.05) is 0 Å². The van der Waals surface area contributed by atoms with Gasteiger partial charge < -0.3 is 15.3 Å². The van der Waals surface area contributed by atoms with Gasteiger partial charge in [0.1, 0.15) is 0 Å². The predicted octanol–water partition coefficient (Wildman–Crippen LogP) is 1.92. The van der Waals surface area contributed by atoms with Crippen molar-refractivity contribution in [3.05, 3.63) is 33.9 Å². The van der Waals surface area contributed by atoms with Gasteiger partial charge >= 0.3 is 12.0 Å². The Balaban J connectivity index is 2.24. The molecule has 1 fully saturated rings. The van der Waals surface area contributed by atoms with Crippen molar-refractivity contribution in [3.63, 3.8) is 0 Å². The molecule has 1 aromatic carbocycles. The number of urea groups is 1. The van der Waals surface area contributed by atoms with Crippen molar-refractivity contribution in [2.75, 3.05) is 18.4 Å². The third-order valence-corrected chi connectivity index (χ3v) is 3.08. The van der Waals surface area contributed by atoms with Crippen molar-refractivity contribution in [3.8, 4) is 0 Å². The first-order chi connectivity index (χ1) is 9.49. The number of nitrogens with zero attached hydrogens (tertiary/aromatic N) is 2. The molecule has 2 rings (SSSR count). The summed E-state index contributed by atoms with van der Waals surface area (Å²) >= 11 is 0. The molecule has 2 N–H and O–H groups in total. The second-order valence-corrected chi connectivity index (χ2v) is 4.42. The van der Waals surface area contributed by atoms with Crippen molar-refractivity contribution in [1.82, 2.24) is 4.90 Å². The van der Waals surface area contributed by atoms with Gasteiger partial charge in [-0.2, -0.15) is 0 Å². The van der Waals surface area contributed by atoms with Crippen LogP contribution in [0.2, 0.25) is 0 Å². The molecule has 1 heterocycles. The number of non-ortho nitro benzene ring substituents is 1. The first-order valence-electron chi connectivity index (χ1n) is 6.06. The minimum Gasteiger partial charge on any atom is -0.478 e. The molecule has 1 aliphatic rings. The fourth-order valence-electron chi connectivity index (χ4n) is 2.05. The number of nitro groups is 1. The summed E-state index contributed by atoms with van der Waals surface area (Å²) in [5, 5.41) is 22.2. The maximum absolute atomic E-state index is 11.9. The lowest BCUT2D eigenvalue weighted by molar-refractivity contribution is -0.384. The van der Waals surface area contributed by atoms with Crippen LogP contribution < -0.4 is 5.32 Å². The van der Waals surface area contributed by atoms with Crippen LogP contribution in [0, 0.1) is 10.1 Å². The number of likely N-dealkylation sites (tertiary alicyclic amines) is 1. The van der Waals surface area contributed by atoms with E-state index in [1.165, 1.54) is 6.07 Å². The molecule has 106 valence electrons. The maximum atomic E-state index is 11.9. The van der Waals surface area contributed by atoms with Crippen molar-refractivity contribution in [1.29, 1.82) is 0 Å². The number of nitrogens with one attached hydrogen (secondary N) is 1. The molecule has 1 aromatic rings. The van der Waals surface area contributed by atoms with Crippen LogP contribution in [0.4, 0.5) is 16.2 Å². The lowest BCUT2D eigenvalue weighted by atomic mass is 10.1. The molecule has 1 aliphatic heterocycles. The summed E-state index contributed by atoms with van der Waals surface area (Å²) in [6.07, 6.45) is 1.83. The molecule has 2 amide bonds. The monoisotopic (exact) mass is 279 g/mol. The van der Waals surface area contributed by atoms with E-state index in [4.69, 9.17) is 5.11 Å². The number of carbonyl (C=O) groups excluding carboxylic acids is 1. The van der Waals surface area contributed by atoms with Gasteiger partial charge in [-0.05, 0) is 18.9 Å². The summed E-state index contributed by atoms with van der Waals surface area (Å²) in [6, 6.07) is 2.93. The Morgan fingerprint density at radius 2 is 1.95 bits per heavy atom. The Morgan fingerprint density at radius 3 is 2.50 bits per heavy atom. The third-order valence-electron chi connectivity index (χ3n) is 3.08. The van der Waals surface area contributed by atoms with Crippen LogP contribution in [0.15, 0.2) is 18.2 Å². The number of aromatic carboxylic acids is 1. The molecule has 0 saturated carbocycles. The second-order valence-electron chi connectivity index (χ2n) is 4.42. The molecule has 8 nitrogen and oxygen atoms in total. The predicted molar refractivity (Wildman–Crippen MR) is 69.9 cm³/mol. The molecule has 0 bridgehead atoms. The lowest BCUT2D eigenvalue weighted by Crippen LogP contribution is -2.32. The maximum Gasteiger partial charge on any atom is 0.338 e. The van der Waals surface area contributed by atoms with E-state index in [2.05, 4.69) is 5.32 Å². The zero-order valence-corrected chi connectivity index (χ0v) is 10.5. The third kappa shape index (κ3) is 2.85. The highest BCUT2D eigenvalue weighted by molar-refractivity contribution is 6.00. The molecular weight excluding hydrogens is 266 g/mol. The number of carboxylic acid groups (broad SMARTS) is 1. The molecule has 0 aliphatic carbocycles. The summed E-state index contributed by atoms with van der Waals surface area (Å²) in [7, 11) is 0. The van der Waals surface area contributed by atoms with Gasteiger partial charge in [0.15, 0.2) is 0 Å². The van der Waals surface area contributed by atoms with Gasteiger partial charge in [0.2, 0.25) is 0 Å². The molecule has 0 radical (unpaired) electrons. The molecule has 0 spiro atoms. The Labute approximate surface area is 114 Å². The van der Waals surface area contributed by atoms with Crippen LogP contribution in [-0.4, -0.2) is 40.0 Å². The van der Waals surface area contributed by atoms with E-state index in [1.807, 2.05) is 0 Å². The number of carbonyl (C=O) groups is 2. The first kappa shape index (κ1) is 13.8. The number of amides is 2. The normalized spacial score (nSPS) is 14.1. The average Bonchev–Trinajstić information content (AvgIpc) is 2.92. The van der Waals surface area contributed by atoms with Crippen molar-refractivity contribution in [2.24, 2.45) is 0 Å². The standard InChI is InChI=1S/C12H13N3O5/c16-11(17)9-7-8(15(19)20)3-4-10(9)13-12(18)14-5-1-2-6-14/h3-4,7H,1-2,5-6H2,(H,13,18)(H,16,17). The number of hydrogen-bond donors (Lipinski definition) is 2.